The first-order valence-corrected chi connectivity index (χ1v) is 11.5. The molecule has 0 amide bonds. The van der Waals surface area contributed by atoms with Gasteiger partial charge in [-0.3, -0.25) is 10.1 Å². The zero-order valence-electron chi connectivity index (χ0n) is 17.7. The molecule has 0 N–H and O–H groups in total. The predicted octanol–water partition coefficient (Wildman–Crippen LogP) is 4.84. The number of thiophene rings is 1. The van der Waals surface area contributed by atoms with Crippen LogP contribution >= 0.6 is 22.9 Å². The fraction of sp³-hybridized carbons (Fsp3) is 0.429. The number of nitro groups is 1. The minimum absolute atomic E-state index is 0.117. The van der Waals surface area contributed by atoms with Gasteiger partial charge in [0.25, 0.3) is 5.69 Å². The van der Waals surface area contributed by atoms with Crippen LogP contribution in [0.2, 0.25) is 4.34 Å². The van der Waals surface area contributed by atoms with Crippen molar-refractivity contribution in [2.45, 2.75) is 45.4 Å². The summed E-state index contributed by atoms with van der Waals surface area (Å²) < 4.78 is 13.2. The van der Waals surface area contributed by atoms with Crippen molar-refractivity contribution in [2.24, 2.45) is 0 Å². The van der Waals surface area contributed by atoms with Crippen molar-refractivity contribution in [2.75, 3.05) is 13.1 Å². The molecule has 0 radical (unpaired) electrons. The van der Waals surface area contributed by atoms with Crippen molar-refractivity contribution in [3.63, 3.8) is 0 Å². The second kappa shape index (κ2) is 9.43. The Morgan fingerprint density at radius 2 is 2.12 bits per heavy atom. The van der Waals surface area contributed by atoms with Crippen molar-refractivity contribution >= 4 is 34.6 Å². The number of halogens is 1. The van der Waals surface area contributed by atoms with Crippen molar-refractivity contribution < 1.29 is 19.0 Å². The number of nitrogens with zero attached hydrogens (tertiary/aromatic N) is 4. The summed E-state index contributed by atoms with van der Waals surface area (Å²) in [6.45, 7) is 6.12. The van der Waals surface area contributed by atoms with E-state index in [1.54, 1.807) is 12.1 Å². The molecule has 3 aromatic heterocycles. The van der Waals surface area contributed by atoms with Gasteiger partial charge in [0.15, 0.2) is 5.76 Å². The van der Waals surface area contributed by atoms with Crippen LogP contribution in [0.15, 0.2) is 35.0 Å². The maximum atomic E-state index is 12.9. The van der Waals surface area contributed by atoms with Crippen molar-refractivity contribution in [3.05, 3.63) is 56.3 Å². The summed E-state index contributed by atoms with van der Waals surface area (Å²) in [5.74, 6) is -0.0329. The number of ether oxygens (including phenoxy) is 1. The van der Waals surface area contributed by atoms with Gasteiger partial charge in [0.1, 0.15) is 17.5 Å². The van der Waals surface area contributed by atoms with Gasteiger partial charge in [-0.2, -0.15) is 0 Å². The maximum absolute atomic E-state index is 12.9. The summed E-state index contributed by atoms with van der Waals surface area (Å²) in [6.07, 6.45) is 2.59. The molecule has 0 saturated carbocycles. The molecular weight excluding hydrogens is 456 g/mol. The van der Waals surface area contributed by atoms with Gasteiger partial charge in [-0.15, -0.1) is 11.3 Å². The normalized spacial score (nSPS) is 15.4. The molecule has 0 atom stereocenters. The summed E-state index contributed by atoms with van der Waals surface area (Å²) in [5, 5.41) is 15.3. The van der Waals surface area contributed by atoms with E-state index in [0.29, 0.717) is 21.8 Å². The first-order valence-electron chi connectivity index (χ1n) is 10.3. The van der Waals surface area contributed by atoms with Gasteiger partial charge in [0.05, 0.1) is 26.9 Å². The van der Waals surface area contributed by atoms with Crippen LogP contribution in [0.3, 0.4) is 0 Å². The van der Waals surface area contributed by atoms with E-state index in [9.17, 15) is 14.9 Å². The minimum Gasteiger partial charge on any atom is -0.458 e. The topological polar surface area (TPSA) is 104 Å². The van der Waals surface area contributed by atoms with Crippen LogP contribution in [0.5, 0.6) is 0 Å². The summed E-state index contributed by atoms with van der Waals surface area (Å²) in [6, 6.07) is 7.00. The molecule has 1 aliphatic heterocycles. The van der Waals surface area contributed by atoms with Crippen LogP contribution in [-0.2, 0) is 11.3 Å². The molecule has 3 aromatic rings. The first-order chi connectivity index (χ1) is 15.3. The van der Waals surface area contributed by atoms with Gasteiger partial charge in [-0.25, -0.2) is 4.79 Å². The Morgan fingerprint density at radius 1 is 1.38 bits per heavy atom. The molecule has 11 heteroatoms. The van der Waals surface area contributed by atoms with E-state index < -0.39 is 10.9 Å². The fourth-order valence-electron chi connectivity index (χ4n) is 3.74. The molecule has 32 heavy (non-hydrogen) atoms. The Kier molecular flexibility index (Phi) is 6.63. The van der Waals surface area contributed by atoms with E-state index in [2.05, 4.69) is 23.9 Å². The molecule has 1 fully saturated rings. The molecule has 0 aliphatic carbocycles. The highest BCUT2D eigenvalue weighted by molar-refractivity contribution is 7.19. The lowest BCUT2D eigenvalue weighted by molar-refractivity contribution is -0.384. The Balaban J connectivity index is 1.49. The van der Waals surface area contributed by atoms with Gasteiger partial charge in [-0.1, -0.05) is 16.8 Å². The van der Waals surface area contributed by atoms with E-state index in [1.807, 2.05) is 6.07 Å². The van der Waals surface area contributed by atoms with Gasteiger partial charge in [-0.05, 0) is 38.8 Å². The van der Waals surface area contributed by atoms with E-state index in [-0.39, 0.29) is 24.0 Å². The first kappa shape index (κ1) is 22.5. The highest BCUT2D eigenvalue weighted by atomic mass is 35.5. The van der Waals surface area contributed by atoms with Gasteiger partial charge in [0.2, 0.25) is 0 Å². The molecule has 1 saturated heterocycles. The third-order valence-electron chi connectivity index (χ3n) is 5.49. The number of rotatable bonds is 7. The zero-order chi connectivity index (χ0) is 22.8. The fourth-order valence-corrected chi connectivity index (χ4v) is 4.73. The van der Waals surface area contributed by atoms with Crippen LogP contribution in [0, 0.1) is 10.1 Å². The van der Waals surface area contributed by atoms with Crippen LogP contribution in [-0.4, -0.2) is 50.8 Å². The molecule has 0 spiro atoms. The average molecular weight is 479 g/mol. The standard InChI is InChI=1S/C21H23ClN4O5S/c1-13(2)24-7-5-16(6-8-24)30-21(27)17-10-15(26(28)29)12-25(17)11-14-9-18(31-23-14)19-3-4-20(22)32-19/h3-4,9-10,12-13,16H,5-8,11H2,1-2H3. The Morgan fingerprint density at radius 3 is 2.75 bits per heavy atom. The Bertz CT molecular complexity index is 1110. The van der Waals surface area contributed by atoms with Gasteiger partial charge >= 0.3 is 5.97 Å². The highest BCUT2D eigenvalue weighted by Gasteiger charge is 2.27. The lowest BCUT2D eigenvalue weighted by Gasteiger charge is -2.34. The van der Waals surface area contributed by atoms with Crippen molar-refractivity contribution in [1.29, 1.82) is 0 Å². The van der Waals surface area contributed by atoms with Gasteiger partial charge in [0, 0.05) is 31.3 Å². The summed E-state index contributed by atoms with van der Waals surface area (Å²) in [7, 11) is 0. The largest absolute Gasteiger partial charge is 0.458 e. The number of hydrogen-bond acceptors (Lipinski definition) is 8. The molecular formula is C21H23ClN4O5S. The van der Waals surface area contributed by atoms with E-state index in [0.717, 1.165) is 30.8 Å². The molecule has 9 nitrogen and oxygen atoms in total. The number of piperidine rings is 1. The molecule has 1 aliphatic rings. The van der Waals surface area contributed by atoms with Crippen molar-refractivity contribution in [3.8, 4) is 10.6 Å². The number of aromatic nitrogens is 2. The predicted molar refractivity (Wildman–Crippen MR) is 120 cm³/mol. The number of carbonyl (C=O) groups is 1. The third-order valence-corrected chi connectivity index (χ3v) is 6.74. The monoisotopic (exact) mass is 478 g/mol. The van der Waals surface area contributed by atoms with E-state index in [1.165, 1.54) is 28.2 Å². The van der Waals surface area contributed by atoms with Gasteiger partial charge < -0.3 is 18.7 Å². The van der Waals surface area contributed by atoms with Crippen LogP contribution in [0.1, 0.15) is 42.9 Å². The molecule has 4 heterocycles. The smallest absolute Gasteiger partial charge is 0.355 e. The minimum atomic E-state index is -0.574. The molecule has 4 rings (SSSR count). The molecule has 0 unspecified atom stereocenters. The summed E-state index contributed by atoms with van der Waals surface area (Å²) >= 11 is 7.33. The quantitative estimate of drug-likeness (QED) is 0.272. The Labute approximate surface area is 193 Å². The van der Waals surface area contributed by atoms with Crippen LogP contribution in [0.25, 0.3) is 10.6 Å². The van der Waals surface area contributed by atoms with Crippen molar-refractivity contribution in [1.82, 2.24) is 14.6 Å². The third kappa shape index (κ3) is 5.03. The zero-order valence-corrected chi connectivity index (χ0v) is 19.3. The second-order valence-corrected chi connectivity index (χ2v) is 9.70. The van der Waals surface area contributed by atoms with Crippen LogP contribution in [0.4, 0.5) is 5.69 Å². The van der Waals surface area contributed by atoms with E-state index in [4.69, 9.17) is 20.9 Å². The summed E-state index contributed by atoms with van der Waals surface area (Å²) in [5.41, 5.74) is 0.460. The number of esters is 1. The van der Waals surface area contributed by atoms with Crippen LogP contribution < -0.4 is 0 Å². The second-order valence-electron chi connectivity index (χ2n) is 7.99. The molecule has 0 bridgehead atoms. The lowest BCUT2D eigenvalue weighted by Crippen LogP contribution is -2.41. The average Bonchev–Trinajstić information content (AvgIpc) is 3.48. The number of hydrogen-bond donors (Lipinski definition) is 0. The SMILES string of the molecule is CC(C)N1CCC(OC(=O)c2cc([N+](=O)[O-])cn2Cc2cc(-c3ccc(Cl)s3)on2)CC1. The van der Waals surface area contributed by atoms with E-state index >= 15 is 0 Å². The summed E-state index contributed by atoms with van der Waals surface area (Å²) in [4.78, 5) is 26.8. The lowest BCUT2D eigenvalue weighted by atomic mass is 10.1. The number of carbonyl (C=O) groups excluding carboxylic acids is 1. The molecule has 170 valence electrons. The molecule has 0 aromatic carbocycles. The Hall–Kier alpha value is -2.69. The highest BCUT2D eigenvalue weighted by Crippen LogP contribution is 2.31. The number of likely N-dealkylation sites (tertiary alicyclic amines) is 1. The maximum Gasteiger partial charge on any atom is 0.355 e.